The molecule has 0 fully saturated rings. The quantitative estimate of drug-likeness (QED) is 0.810. The molecule has 2 N–H and O–H groups in total. The van der Waals surface area contributed by atoms with Crippen molar-refractivity contribution in [3.63, 3.8) is 0 Å². The molecule has 1 aromatic carbocycles. The third-order valence-electron chi connectivity index (χ3n) is 1.94. The van der Waals surface area contributed by atoms with Crippen LogP contribution in [0.3, 0.4) is 0 Å². The number of benzene rings is 1. The SMILES string of the molecule is C[C@H](Oc1ccc(Br)cc1)C(=O)CP(=O)(O)O. The van der Waals surface area contributed by atoms with Crippen molar-refractivity contribution in [2.24, 2.45) is 0 Å². The Kier molecular flexibility index (Phi) is 4.89. The normalized spacial score (nSPS) is 13.2. The summed E-state index contributed by atoms with van der Waals surface area (Å²) in [6.07, 6.45) is -1.69. The van der Waals surface area contributed by atoms with Crippen LogP contribution < -0.4 is 4.74 Å². The first-order valence-corrected chi connectivity index (χ1v) is 7.36. The number of rotatable bonds is 5. The van der Waals surface area contributed by atoms with Crippen LogP contribution in [0.4, 0.5) is 0 Å². The van der Waals surface area contributed by atoms with E-state index < -0.39 is 25.6 Å². The lowest BCUT2D eigenvalue weighted by Crippen LogP contribution is -2.26. The van der Waals surface area contributed by atoms with Crippen LogP contribution in [0, 0.1) is 0 Å². The molecule has 7 heteroatoms. The van der Waals surface area contributed by atoms with E-state index in [-0.39, 0.29) is 0 Å². The molecule has 0 aromatic heterocycles. The second kappa shape index (κ2) is 5.78. The van der Waals surface area contributed by atoms with Crippen LogP contribution in [0.5, 0.6) is 5.75 Å². The number of carbonyl (C=O) groups excluding carboxylic acids is 1. The lowest BCUT2D eigenvalue weighted by Gasteiger charge is -2.14. The topological polar surface area (TPSA) is 83.8 Å². The van der Waals surface area contributed by atoms with Crippen molar-refractivity contribution in [1.82, 2.24) is 0 Å². The molecule has 17 heavy (non-hydrogen) atoms. The molecule has 0 saturated carbocycles. The minimum absolute atomic E-state index is 0.472. The van der Waals surface area contributed by atoms with Crippen LogP contribution in [-0.4, -0.2) is 27.8 Å². The van der Waals surface area contributed by atoms with Gasteiger partial charge in [0, 0.05) is 4.47 Å². The third kappa shape index (κ3) is 5.46. The van der Waals surface area contributed by atoms with E-state index in [1.807, 2.05) is 0 Å². The van der Waals surface area contributed by atoms with Crippen LogP contribution in [0.2, 0.25) is 0 Å². The Bertz CT molecular complexity index is 439. The third-order valence-corrected chi connectivity index (χ3v) is 3.19. The maximum Gasteiger partial charge on any atom is 0.333 e. The fraction of sp³-hybridized carbons (Fsp3) is 0.300. The van der Waals surface area contributed by atoms with E-state index in [1.54, 1.807) is 24.3 Å². The van der Waals surface area contributed by atoms with Crippen molar-refractivity contribution in [3.8, 4) is 5.75 Å². The minimum Gasteiger partial charge on any atom is -0.483 e. The fourth-order valence-electron chi connectivity index (χ4n) is 1.11. The molecule has 1 atom stereocenters. The average molecular weight is 323 g/mol. The van der Waals surface area contributed by atoms with E-state index in [9.17, 15) is 9.36 Å². The molecule has 0 amide bonds. The summed E-state index contributed by atoms with van der Waals surface area (Å²) in [5.74, 6) is -0.152. The molecule has 0 aliphatic carbocycles. The van der Waals surface area contributed by atoms with Crippen LogP contribution >= 0.6 is 23.5 Å². The Hall–Kier alpha value is -0.680. The zero-order valence-corrected chi connectivity index (χ0v) is 11.5. The first-order chi connectivity index (χ1) is 7.78. The highest BCUT2D eigenvalue weighted by atomic mass is 79.9. The number of Topliss-reactive ketones (excluding diaryl/α,β-unsaturated/α-hetero) is 1. The highest BCUT2D eigenvalue weighted by Gasteiger charge is 2.24. The predicted octanol–water partition coefficient (Wildman–Crippen LogP) is 1.96. The van der Waals surface area contributed by atoms with Gasteiger partial charge in [-0.2, -0.15) is 0 Å². The highest BCUT2D eigenvalue weighted by molar-refractivity contribution is 9.10. The molecule has 0 unspecified atom stereocenters. The van der Waals surface area contributed by atoms with Crippen LogP contribution in [-0.2, 0) is 9.36 Å². The molecule has 0 radical (unpaired) electrons. The molecule has 0 saturated heterocycles. The van der Waals surface area contributed by atoms with E-state index in [1.165, 1.54) is 6.92 Å². The van der Waals surface area contributed by atoms with Gasteiger partial charge in [0.05, 0.1) is 0 Å². The number of ketones is 1. The number of hydrogen-bond donors (Lipinski definition) is 2. The molecular weight excluding hydrogens is 311 g/mol. The van der Waals surface area contributed by atoms with Crippen LogP contribution in [0.1, 0.15) is 6.92 Å². The summed E-state index contributed by atoms with van der Waals surface area (Å²) in [6, 6.07) is 6.81. The fourth-order valence-corrected chi connectivity index (χ4v) is 2.04. The van der Waals surface area contributed by atoms with Crippen molar-refractivity contribution >= 4 is 29.3 Å². The number of ether oxygens (including phenoxy) is 1. The van der Waals surface area contributed by atoms with Crippen LogP contribution in [0.15, 0.2) is 28.7 Å². The Morgan fingerprint density at radius 3 is 2.41 bits per heavy atom. The molecule has 0 aliphatic rings. The summed E-state index contributed by atoms with van der Waals surface area (Å²) in [5.41, 5.74) is 0. The predicted molar refractivity (Wildman–Crippen MR) is 66.2 cm³/mol. The van der Waals surface area contributed by atoms with Gasteiger partial charge in [0.25, 0.3) is 0 Å². The minimum atomic E-state index is -4.33. The summed E-state index contributed by atoms with van der Waals surface area (Å²) < 4.78 is 16.8. The zero-order chi connectivity index (χ0) is 13.1. The highest BCUT2D eigenvalue weighted by Crippen LogP contribution is 2.34. The Morgan fingerprint density at radius 1 is 1.41 bits per heavy atom. The Morgan fingerprint density at radius 2 is 1.94 bits per heavy atom. The van der Waals surface area contributed by atoms with Gasteiger partial charge in [-0.3, -0.25) is 9.36 Å². The maximum absolute atomic E-state index is 11.4. The van der Waals surface area contributed by atoms with Crippen molar-refractivity contribution in [2.75, 3.05) is 6.16 Å². The van der Waals surface area contributed by atoms with Crippen molar-refractivity contribution < 1.29 is 23.9 Å². The average Bonchev–Trinajstić information content (AvgIpc) is 2.19. The molecule has 1 rings (SSSR count). The maximum atomic E-state index is 11.4. The lowest BCUT2D eigenvalue weighted by molar-refractivity contribution is -0.122. The zero-order valence-electron chi connectivity index (χ0n) is 9.04. The van der Waals surface area contributed by atoms with E-state index in [0.717, 1.165) is 4.47 Å². The van der Waals surface area contributed by atoms with Gasteiger partial charge in [-0.05, 0) is 31.2 Å². The van der Waals surface area contributed by atoms with Gasteiger partial charge in [0.15, 0.2) is 11.9 Å². The molecular formula is C10H12BrO5P. The summed E-state index contributed by atoms with van der Waals surface area (Å²) in [6.45, 7) is 1.46. The number of hydrogen-bond acceptors (Lipinski definition) is 3. The Labute approximate surface area is 107 Å². The van der Waals surface area contributed by atoms with Crippen molar-refractivity contribution in [1.29, 1.82) is 0 Å². The second-order valence-electron chi connectivity index (χ2n) is 3.50. The van der Waals surface area contributed by atoms with E-state index >= 15 is 0 Å². The molecule has 1 aromatic rings. The van der Waals surface area contributed by atoms with Gasteiger partial charge in [-0.25, -0.2) is 0 Å². The molecule has 0 heterocycles. The standard InChI is InChI=1S/C10H12BrO5P/c1-7(10(12)6-17(13,14)15)16-9-4-2-8(11)3-5-9/h2-5,7H,6H2,1H3,(H2,13,14,15)/t7-/m0/s1. The summed E-state index contributed by atoms with van der Waals surface area (Å²) in [4.78, 5) is 28.7. The molecule has 94 valence electrons. The van der Waals surface area contributed by atoms with E-state index in [2.05, 4.69) is 15.9 Å². The first kappa shape index (κ1) is 14.4. The number of carbonyl (C=O) groups is 1. The largest absolute Gasteiger partial charge is 0.483 e. The van der Waals surface area contributed by atoms with Gasteiger partial charge in [0.1, 0.15) is 11.9 Å². The second-order valence-corrected chi connectivity index (χ2v) is 6.06. The molecule has 0 spiro atoms. The summed E-state index contributed by atoms with van der Waals surface area (Å²) >= 11 is 3.25. The lowest BCUT2D eigenvalue weighted by atomic mass is 10.3. The van der Waals surface area contributed by atoms with Gasteiger partial charge in [-0.1, -0.05) is 15.9 Å². The van der Waals surface area contributed by atoms with Crippen molar-refractivity contribution in [3.05, 3.63) is 28.7 Å². The van der Waals surface area contributed by atoms with Crippen molar-refractivity contribution in [2.45, 2.75) is 13.0 Å². The van der Waals surface area contributed by atoms with Crippen LogP contribution in [0.25, 0.3) is 0 Å². The molecule has 0 bridgehead atoms. The number of halogens is 1. The monoisotopic (exact) mass is 322 g/mol. The first-order valence-electron chi connectivity index (χ1n) is 4.77. The van der Waals surface area contributed by atoms with E-state index in [0.29, 0.717) is 5.75 Å². The van der Waals surface area contributed by atoms with Gasteiger partial charge in [-0.15, -0.1) is 0 Å². The molecule has 0 aliphatic heterocycles. The van der Waals surface area contributed by atoms with E-state index in [4.69, 9.17) is 14.5 Å². The van der Waals surface area contributed by atoms with Gasteiger partial charge in [0.2, 0.25) is 0 Å². The molecule has 5 nitrogen and oxygen atoms in total. The smallest absolute Gasteiger partial charge is 0.333 e. The summed E-state index contributed by atoms with van der Waals surface area (Å²) in [7, 11) is -4.33. The van der Waals surface area contributed by atoms with Gasteiger partial charge < -0.3 is 14.5 Å². The Balaban J connectivity index is 2.60. The van der Waals surface area contributed by atoms with Gasteiger partial charge >= 0.3 is 7.60 Å². The summed E-state index contributed by atoms with van der Waals surface area (Å²) in [5, 5.41) is 0.